The molecule has 0 fully saturated rings. The van der Waals surface area contributed by atoms with Crippen LogP contribution in [0.4, 0.5) is 9.18 Å². The van der Waals surface area contributed by atoms with Crippen LogP contribution in [0.5, 0.6) is 0 Å². The van der Waals surface area contributed by atoms with Crippen molar-refractivity contribution >= 4 is 6.09 Å². The number of hydrogen-bond donors (Lipinski definition) is 1. The van der Waals surface area contributed by atoms with Gasteiger partial charge in [0.25, 0.3) is 0 Å². The zero-order valence-electron chi connectivity index (χ0n) is 7.59. The van der Waals surface area contributed by atoms with E-state index < -0.39 is 6.09 Å². The summed E-state index contributed by atoms with van der Waals surface area (Å²) in [6.07, 6.45) is 1.64. The van der Waals surface area contributed by atoms with E-state index in [0.29, 0.717) is 5.56 Å². The normalized spacial score (nSPS) is 10.2. The highest BCUT2D eigenvalue weighted by atomic mass is 19.1. The lowest BCUT2D eigenvalue weighted by Gasteiger charge is -1.95. The average molecular weight is 206 g/mol. The highest BCUT2D eigenvalue weighted by molar-refractivity contribution is 5.70. The first kappa shape index (κ1) is 9.39. The Morgan fingerprint density at radius 3 is 2.47 bits per heavy atom. The maximum Gasteiger partial charge on any atom is 0.432 e. The summed E-state index contributed by atoms with van der Waals surface area (Å²) in [4.78, 5) is 10.5. The van der Waals surface area contributed by atoms with Crippen LogP contribution in [0.2, 0.25) is 0 Å². The molecule has 5 heteroatoms. The molecule has 4 nitrogen and oxygen atoms in total. The van der Waals surface area contributed by atoms with Crippen LogP contribution in [0.1, 0.15) is 0 Å². The molecular weight excluding hydrogens is 199 g/mol. The lowest BCUT2D eigenvalue weighted by Crippen LogP contribution is -2.07. The van der Waals surface area contributed by atoms with Crippen molar-refractivity contribution < 1.29 is 14.3 Å². The fraction of sp³-hybridized carbons (Fsp3) is 0. The number of benzene rings is 1. The number of hydrogen-bond acceptors (Lipinski definition) is 2. The van der Waals surface area contributed by atoms with Crippen LogP contribution in [0, 0.1) is 5.82 Å². The van der Waals surface area contributed by atoms with Gasteiger partial charge in [0, 0.05) is 11.8 Å². The molecule has 0 saturated heterocycles. The first-order chi connectivity index (χ1) is 7.16. The Kier molecular flexibility index (Phi) is 2.21. The van der Waals surface area contributed by atoms with E-state index in [1.54, 1.807) is 12.1 Å². The molecule has 1 aromatic heterocycles. The summed E-state index contributed by atoms with van der Waals surface area (Å²) in [6, 6.07) is 5.76. The van der Waals surface area contributed by atoms with Crippen LogP contribution < -0.4 is 0 Å². The monoisotopic (exact) mass is 206 g/mol. The fourth-order valence-corrected chi connectivity index (χ4v) is 1.22. The van der Waals surface area contributed by atoms with Gasteiger partial charge in [0.05, 0.1) is 6.20 Å². The quantitative estimate of drug-likeness (QED) is 0.778. The molecule has 15 heavy (non-hydrogen) atoms. The standard InChI is InChI=1S/C10H7FN2O2/c11-9-3-1-7(2-4-9)8-5-12-13(6-8)10(14)15/h1-6H,(H,14,15). The van der Waals surface area contributed by atoms with Crippen LogP contribution >= 0.6 is 0 Å². The average Bonchev–Trinajstić information content (AvgIpc) is 2.68. The molecule has 0 amide bonds. The van der Waals surface area contributed by atoms with Crippen LogP contribution in [0.3, 0.4) is 0 Å². The first-order valence-electron chi connectivity index (χ1n) is 4.21. The van der Waals surface area contributed by atoms with E-state index in [9.17, 15) is 9.18 Å². The number of nitrogens with zero attached hydrogens (tertiary/aromatic N) is 2. The van der Waals surface area contributed by atoms with Gasteiger partial charge in [0.15, 0.2) is 0 Å². The van der Waals surface area contributed by atoms with E-state index in [1.165, 1.54) is 24.5 Å². The Morgan fingerprint density at radius 2 is 1.93 bits per heavy atom. The van der Waals surface area contributed by atoms with Crippen molar-refractivity contribution in [2.24, 2.45) is 0 Å². The topological polar surface area (TPSA) is 55.1 Å². The molecule has 0 aliphatic heterocycles. The molecular formula is C10H7FN2O2. The van der Waals surface area contributed by atoms with Crippen molar-refractivity contribution in [1.29, 1.82) is 0 Å². The molecule has 0 atom stereocenters. The van der Waals surface area contributed by atoms with Gasteiger partial charge in [-0.2, -0.15) is 9.78 Å². The number of carbonyl (C=O) groups is 1. The first-order valence-corrected chi connectivity index (χ1v) is 4.21. The largest absolute Gasteiger partial charge is 0.463 e. The molecule has 0 aliphatic carbocycles. The molecule has 1 aromatic carbocycles. The summed E-state index contributed by atoms with van der Waals surface area (Å²) in [5.41, 5.74) is 1.36. The van der Waals surface area contributed by atoms with Crippen molar-refractivity contribution in [2.75, 3.05) is 0 Å². The Labute approximate surface area is 84.6 Å². The van der Waals surface area contributed by atoms with E-state index in [2.05, 4.69) is 5.10 Å². The third-order valence-electron chi connectivity index (χ3n) is 1.96. The highest BCUT2D eigenvalue weighted by Gasteiger charge is 2.05. The van der Waals surface area contributed by atoms with Crippen LogP contribution in [0.25, 0.3) is 11.1 Å². The minimum absolute atomic E-state index is 0.329. The molecule has 0 spiro atoms. The summed E-state index contributed by atoms with van der Waals surface area (Å²) in [5.74, 6) is -0.329. The second-order valence-corrected chi connectivity index (χ2v) is 2.96. The second-order valence-electron chi connectivity index (χ2n) is 2.96. The number of aromatic nitrogens is 2. The molecule has 0 bridgehead atoms. The fourth-order valence-electron chi connectivity index (χ4n) is 1.22. The molecule has 0 radical (unpaired) electrons. The summed E-state index contributed by atoms with van der Waals surface area (Å²) in [5, 5.41) is 12.3. The van der Waals surface area contributed by atoms with Gasteiger partial charge < -0.3 is 5.11 Å². The van der Waals surface area contributed by atoms with Crippen LogP contribution in [-0.2, 0) is 0 Å². The van der Waals surface area contributed by atoms with Gasteiger partial charge in [0.1, 0.15) is 5.82 Å². The summed E-state index contributed by atoms with van der Waals surface area (Å²) in [7, 11) is 0. The zero-order chi connectivity index (χ0) is 10.8. The van der Waals surface area contributed by atoms with Gasteiger partial charge in [-0.15, -0.1) is 0 Å². The van der Waals surface area contributed by atoms with E-state index in [1.807, 2.05) is 0 Å². The molecule has 0 aliphatic rings. The van der Waals surface area contributed by atoms with E-state index in [-0.39, 0.29) is 5.82 Å². The molecule has 76 valence electrons. The smallest absolute Gasteiger partial charge is 0.432 e. The lowest BCUT2D eigenvalue weighted by atomic mass is 10.1. The van der Waals surface area contributed by atoms with Gasteiger partial charge >= 0.3 is 6.09 Å². The van der Waals surface area contributed by atoms with Gasteiger partial charge in [-0.05, 0) is 17.7 Å². The SMILES string of the molecule is O=C(O)n1cc(-c2ccc(F)cc2)cn1. The minimum Gasteiger partial charge on any atom is -0.463 e. The molecule has 0 saturated carbocycles. The maximum absolute atomic E-state index is 12.6. The van der Waals surface area contributed by atoms with Crippen LogP contribution in [0.15, 0.2) is 36.7 Å². The lowest BCUT2D eigenvalue weighted by molar-refractivity contribution is 0.192. The zero-order valence-corrected chi connectivity index (χ0v) is 7.59. The van der Waals surface area contributed by atoms with Crippen molar-refractivity contribution in [3.8, 4) is 11.1 Å². The third-order valence-corrected chi connectivity index (χ3v) is 1.96. The number of carboxylic acid groups (broad SMARTS) is 1. The second kappa shape index (κ2) is 3.53. The van der Waals surface area contributed by atoms with Crippen molar-refractivity contribution in [1.82, 2.24) is 9.78 Å². The maximum atomic E-state index is 12.6. The molecule has 1 N–H and O–H groups in total. The summed E-state index contributed by atoms with van der Waals surface area (Å²) < 4.78 is 13.4. The summed E-state index contributed by atoms with van der Waals surface area (Å²) >= 11 is 0. The van der Waals surface area contributed by atoms with E-state index >= 15 is 0 Å². The van der Waals surface area contributed by atoms with Crippen molar-refractivity contribution in [3.63, 3.8) is 0 Å². The Balaban J connectivity index is 2.37. The Bertz CT molecular complexity index is 490. The molecule has 1 heterocycles. The minimum atomic E-state index is -1.15. The molecule has 2 aromatic rings. The summed E-state index contributed by atoms with van der Waals surface area (Å²) in [6.45, 7) is 0. The Morgan fingerprint density at radius 1 is 1.27 bits per heavy atom. The van der Waals surface area contributed by atoms with Gasteiger partial charge in [-0.3, -0.25) is 0 Å². The van der Waals surface area contributed by atoms with Gasteiger partial charge in [-0.25, -0.2) is 9.18 Å². The Hall–Kier alpha value is -2.17. The van der Waals surface area contributed by atoms with Gasteiger partial charge in [-0.1, -0.05) is 12.1 Å². The predicted molar refractivity (Wildman–Crippen MR) is 51.0 cm³/mol. The predicted octanol–water partition coefficient (Wildman–Crippen LogP) is 2.22. The number of halogens is 1. The van der Waals surface area contributed by atoms with E-state index in [0.717, 1.165) is 10.2 Å². The van der Waals surface area contributed by atoms with Crippen LogP contribution in [-0.4, -0.2) is 21.0 Å². The van der Waals surface area contributed by atoms with E-state index in [4.69, 9.17) is 5.11 Å². The van der Waals surface area contributed by atoms with Crippen molar-refractivity contribution in [3.05, 3.63) is 42.5 Å². The number of rotatable bonds is 1. The van der Waals surface area contributed by atoms with Gasteiger partial charge in [0.2, 0.25) is 0 Å². The third kappa shape index (κ3) is 1.85. The molecule has 2 rings (SSSR count). The highest BCUT2D eigenvalue weighted by Crippen LogP contribution is 2.18. The van der Waals surface area contributed by atoms with Crippen molar-refractivity contribution in [2.45, 2.75) is 0 Å². The molecule has 0 unspecified atom stereocenters.